The van der Waals surface area contributed by atoms with E-state index in [9.17, 15) is 9.59 Å². The van der Waals surface area contributed by atoms with Crippen molar-refractivity contribution in [2.24, 2.45) is 0 Å². The Balaban J connectivity index is 1.75. The van der Waals surface area contributed by atoms with Crippen molar-refractivity contribution in [2.75, 3.05) is 13.1 Å². The van der Waals surface area contributed by atoms with Crippen LogP contribution in [0.15, 0.2) is 54.9 Å². The van der Waals surface area contributed by atoms with Crippen LogP contribution in [0.25, 0.3) is 0 Å². The summed E-state index contributed by atoms with van der Waals surface area (Å²) in [4.78, 5) is 31.8. The Bertz CT molecular complexity index is 726. The summed E-state index contributed by atoms with van der Waals surface area (Å²) < 4.78 is 0. The number of carbonyl (C=O) groups excluding carboxylic acids is 2. The zero-order chi connectivity index (χ0) is 18.9. The number of benzene rings is 1. The highest BCUT2D eigenvalue weighted by Gasteiger charge is 2.26. The fourth-order valence-electron chi connectivity index (χ4n) is 3.48. The van der Waals surface area contributed by atoms with Gasteiger partial charge in [0.15, 0.2) is 0 Å². The highest BCUT2D eigenvalue weighted by atomic mass is 16.2. The van der Waals surface area contributed by atoms with Gasteiger partial charge in [-0.3, -0.25) is 14.6 Å². The van der Waals surface area contributed by atoms with E-state index >= 15 is 0 Å². The normalized spacial score (nSPS) is 16.1. The zero-order valence-electron chi connectivity index (χ0n) is 15.6. The van der Waals surface area contributed by atoms with Crippen LogP contribution in [0.3, 0.4) is 0 Å². The average Bonchev–Trinajstić information content (AvgIpc) is 2.68. The van der Waals surface area contributed by atoms with E-state index in [-0.39, 0.29) is 11.8 Å². The molecule has 0 unspecified atom stereocenters. The van der Waals surface area contributed by atoms with Crippen molar-refractivity contribution in [1.29, 1.82) is 0 Å². The van der Waals surface area contributed by atoms with Gasteiger partial charge in [0.05, 0.1) is 5.56 Å². The summed E-state index contributed by atoms with van der Waals surface area (Å²) in [5.74, 6) is -0.248. The number of likely N-dealkylation sites (tertiary alicyclic amines) is 1. The van der Waals surface area contributed by atoms with Crippen molar-refractivity contribution >= 4 is 11.8 Å². The van der Waals surface area contributed by atoms with Crippen LogP contribution in [0.2, 0.25) is 0 Å². The van der Waals surface area contributed by atoms with Gasteiger partial charge in [0.25, 0.3) is 5.91 Å². The minimum absolute atomic E-state index is 0.0120. The van der Waals surface area contributed by atoms with Gasteiger partial charge in [0, 0.05) is 31.9 Å². The predicted molar refractivity (Wildman–Crippen MR) is 105 cm³/mol. The lowest BCUT2D eigenvalue weighted by Crippen LogP contribution is -2.50. The molecule has 1 aromatic heterocycles. The monoisotopic (exact) mass is 365 g/mol. The molecule has 2 amide bonds. The summed E-state index contributed by atoms with van der Waals surface area (Å²) in [6, 6.07) is 12.7. The molecule has 5 nitrogen and oxygen atoms in total. The molecule has 2 heterocycles. The quantitative estimate of drug-likeness (QED) is 0.885. The molecule has 0 spiro atoms. The fraction of sp³-hybridized carbons (Fsp3) is 0.409. The maximum absolute atomic E-state index is 13.2. The van der Waals surface area contributed by atoms with Gasteiger partial charge in [-0.15, -0.1) is 0 Å². The van der Waals surface area contributed by atoms with E-state index in [4.69, 9.17) is 0 Å². The second kappa shape index (κ2) is 9.86. The number of pyridine rings is 1. The average molecular weight is 365 g/mol. The van der Waals surface area contributed by atoms with E-state index in [0.717, 1.165) is 44.3 Å². The molecular weight excluding hydrogens is 338 g/mol. The highest BCUT2D eigenvalue weighted by molar-refractivity contribution is 5.97. The first-order valence-electron chi connectivity index (χ1n) is 9.77. The lowest BCUT2D eigenvalue weighted by Gasteiger charge is -2.29. The lowest BCUT2D eigenvalue weighted by atomic mass is 10.0. The molecule has 142 valence electrons. The highest BCUT2D eigenvalue weighted by Crippen LogP contribution is 2.14. The molecule has 1 aromatic carbocycles. The molecule has 3 rings (SSSR count). The largest absolute Gasteiger partial charge is 0.341 e. The molecule has 0 radical (unpaired) electrons. The van der Waals surface area contributed by atoms with E-state index in [1.807, 2.05) is 35.2 Å². The second-order valence-electron chi connectivity index (χ2n) is 7.05. The molecule has 0 aliphatic carbocycles. The van der Waals surface area contributed by atoms with E-state index in [1.54, 1.807) is 18.3 Å². The summed E-state index contributed by atoms with van der Waals surface area (Å²) in [5.41, 5.74) is 1.51. The van der Waals surface area contributed by atoms with Gasteiger partial charge in [-0.05, 0) is 30.5 Å². The van der Waals surface area contributed by atoms with Crippen LogP contribution in [-0.2, 0) is 11.2 Å². The molecule has 1 aliphatic rings. The number of aromatic nitrogens is 1. The van der Waals surface area contributed by atoms with E-state index < -0.39 is 6.04 Å². The zero-order valence-corrected chi connectivity index (χ0v) is 15.6. The van der Waals surface area contributed by atoms with Crippen molar-refractivity contribution in [3.8, 4) is 0 Å². The summed E-state index contributed by atoms with van der Waals surface area (Å²) in [5, 5.41) is 2.94. The van der Waals surface area contributed by atoms with Gasteiger partial charge < -0.3 is 10.2 Å². The molecule has 1 saturated heterocycles. The van der Waals surface area contributed by atoms with Gasteiger partial charge >= 0.3 is 0 Å². The molecule has 5 heteroatoms. The van der Waals surface area contributed by atoms with E-state index in [0.29, 0.717) is 12.0 Å². The Morgan fingerprint density at radius 3 is 2.33 bits per heavy atom. The minimum Gasteiger partial charge on any atom is -0.341 e. The van der Waals surface area contributed by atoms with Crippen LogP contribution >= 0.6 is 0 Å². The second-order valence-corrected chi connectivity index (χ2v) is 7.05. The number of amides is 2. The number of hydrogen-bond acceptors (Lipinski definition) is 3. The topological polar surface area (TPSA) is 62.3 Å². The van der Waals surface area contributed by atoms with Crippen LogP contribution in [0.4, 0.5) is 0 Å². The Kier molecular flexibility index (Phi) is 6.97. The first-order chi connectivity index (χ1) is 13.2. The summed E-state index contributed by atoms with van der Waals surface area (Å²) in [6.07, 6.45) is 9.26. The molecule has 0 saturated carbocycles. The van der Waals surface area contributed by atoms with Crippen molar-refractivity contribution in [3.05, 3.63) is 66.0 Å². The van der Waals surface area contributed by atoms with Gasteiger partial charge in [0.2, 0.25) is 5.91 Å². The van der Waals surface area contributed by atoms with Gasteiger partial charge in [-0.1, -0.05) is 49.6 Å². The third-order valence-corrected chi connectivity index (χ3v) is 4.98. The summed E-state index contributed by atoms with van der Waals surface area (Å²) in [6.45, 7) is 1.54. The van der Waals surface area contributed by atoms with Gasteiger partial charge in [-0.25, -0.2) is 0 Å². The first kappa shape index (κ1) is 19.1. The van der Waals surface area contributed by atoms with Crippen molar-refractivity contribution in [3.63, 3.8) is 0 Å². The van der Waals surface area contributed by atoms with Crippen LogP contribution in [0, 0.1) is 0 Å². The van der Waals surface area contributed by atoms with Gasteiger partial charge in [0.1, 0.15) is 6.04 Å². The Morgan fingerprint density at radius 2 is 1.67 bits per heavy atom. The molecule has 27 heavy (non-hydrogen) atoms. The third kappa shape index (κ3) is 5.64. The number of carbonyl (C=O) groups is 2. The summed E-state index contributed by atoms with van der Waals surface area (Å²) >= 11 is 0. The van der Waals surface area contributed by atoms with Crippen LogP contribution in [0.1, 0.15) is 48.0 Å². The molecule has 2 aromatic rings. The van der Waals surface area contributed by atoms with Crippen LogP contribution in [-0.4, -0.2) is 40.8 Å². The predicted octanol–water partition coefficient (Wildman–Crippen LogP) is 3.22. The van der Waals surface area contributed by atoms with E-state index in [1.165, 1.54) is 12.6 Å². The van der Waals surface area contributed by atoms with E-state index in [2.05, 4.69) is 10.3 Å². The maximum atomic E-state index is 13.2. The number of hydrogen-bond donors (Lipinski definition) is 1. The standard InChI is InChI=1S/C22H27N3O2/c26-21(19-12-9-13-23-17-19)24-20(16-18-10-5-4-6-11-18)22(27)25-14-7-2-1-3-8-15-25/h4-6,9-13,17,20H,1-3,7-8,14-16H2,(H,24,26)/t20-/m0/s1. The number of nitrogens with one attached hydrogen (secondary N) is 1. The fourth-order valence-corrected chi connectivity index (χ4v) is 3.48. The van der Waals surface area contributed by atoms with Crippen molar-refractivity contribution < 1.29 is 9.59 Å². The molecule has 0 bridgehead atoms. The lowest BCUT2D eigenvalue weighted by molar-refractivity contribution is -0.133. The number of rotatable bonds is 5. The van der Waals surface area contributed by atoms with Crippen molar-refractivity contribution in [2.45, 2.75) is 44.6 Å². The van der Waals surface area contributed by atoms with Gasteiger partial charge in [-0.2, -0.15) is 0 Å². The molecule has 1 aliphatic heterocycles. The van der Waals surface area contributed by atoms with Crippen molar-refractivity contribution in [1.82, 2.24) is 15.2 Å². The smallest absolute Gasteiger partial charge is 0.253 e. The molecule has 1 fully saturated rings. The van der Waals surface area contributed by atoms with Crippen LogP contribution in [0.5, 0.6) is 0 Å². The van der Waals surface area contributed by atoms with Crippen LogP contribution < -0.4 is 5.32 Å². The molecule has 1 N–H and O–H groups in total. The minimum atomic E-state index is -0.570. The number of nitrogens with zero attached hydrogens (tertiary/aromatic N) is 2. The molecule has 1 atom stereocenters. The summed E-state index contributed by atoms with van der Waals surface area (Å²) in [7, 11) is 0. The maximum Gasteiger partial charge on any atom is 0.253 e. The Morgan fingerprint density at radius 1 is 0.963 bits per heavy atom. The SMILES string of the molecule is O=C(N[C@@H](Cc1ccccc1)C(=O)N1CCCCCCC1)c1cccnc1. The Hall–Kier alpha value is -2.69. The first-order valence-corrected chi connectivity index (χ1v) is 9.77. The molecular formula is C22H27N3O2. The third-order valence-electron chi connectivity index (χ3n) is 4.98. The Labute approximate surface area is 160 Å².